The van der Waals surface area contributed by atoms with E-state index in [0.29, 0.717) is 25.1 Å². The van der Waals surface area contributed by atoms with Gasteiger partial charge in [0.2, 0.25) is 5.91 Å². The lowest BCUT2D eigenvalue weighted by Crippen LogP contribution is -2.45. The Bertz CT molecular complexity index is 539. The molecular weight excluding hydrogens is 266 g/mol. The molecule has 3 N–H and O–H groups in total. The van der Waals surface area contributed by atoms with E-state index in [-0.39, 0.29) is 17.9 Å². The van der Waals surface area contributed by atoms with Crippen molar-refractivity contribution in [1.82, 2.24) is 10.2 Å². The van der Waals surface area contributed by atoms with E-state index >= 15 is 0 Å². The molecule has 1 fully saturated rings. The van der Waals surface area contributed by atoms with Crippen molar-refractivity contribution in [2.75, 3.05) is 13.1 Å². The largest absolute Gasteiger partial charge is 0.355 e. The quantitative estimate of drug-likeness (QED) is 0.867. The van der Waals surface area contributed by atoms with Crippen molar-refractivity contribution in [2.45, 2.75) is 25.4 Å². The van der Waals surface area contributed by atoms with Crippen LogP contribution in [0.1, 0.15) is 29.3 Å². The summed E-state index contributed by atoms with van der Waals surface area (Å²) in [7, 11) is 0. The van der Waals surface area contributed by atoms with Crippen molar-refractivity contribution >= 4 is 17.9 Å². The fourth-order valence-electron chi connectivity index (χ4n) is 2.56. The molecule has 0 radical (unpaired) electrons. The maximum Gasteiger partial charge on any atom is 0.254 e. The lowest BCUT2D eigenvalue weighted by molar-refractivity contribution is -0.124. The Morgan fingerprint density at radius 1 is 1.43 bits per heavy atom. The lowest BCUT2D eigenvalue weighted by atomic mass is 10.1. The van der Waals surface area contributed by atoms with Crippen molar-refractivity contribution in [3.05, 3.63) is 42.0 Å². The van der Waals surface area contributed by atoms with E-state index in [1.54, 1.807) is 23.1 Å². The van der Waals surface area contributed by atoms with Crippen LogP contribution in [0.5, 0.6) is 0 Å². The van der Waals surface area contributed by atoms with Crippen LogP contribution in [0.3, 0.4) is 0 Å². The van der Waals surface area contributed by atoms with Gasteiger partial charge >= 0.3 is 0 Å². The summed E-state index contributed by atoms with van der Waals surface area (Å²) in [5.74, 6) is -0.295. The molecule has 2 amide bonds. The zero-order valence-electron chi connectivity index (χ0n) is 12.2. The van der Waals surface area contributed by atoms with Crippen LogP contribution in [-0.4, -0.2) is 41.9 Å². The minimum absolute atomic E-state index is 0.137. The van der Waals surface area contributed by atoms with E-state index in [1.165, 1.54) is 0 Å². The van der Waals surface area contributed by atoms with Crippen molar-refractivity contribution in [3.8, 4) is 0 Å². The van der Waals surface area contributed by atoms with Crippen LogP contribution in [0.25, 0.3) is 6.08 Å². The van der Waals surface area contributed by atoms with Crippen LogP contribution in [0, 0.1) is 0 Å². The van der Waals surface area contributed by atoms with Gasteiger partial charge in [0.15, 0.2) is 0 Å². The second-order valence-corrected chi connectivity index (χ2v) is 5.19. The van der Waals surface area contributed by atoms with Gasteiger partial charge in [-0.1, -0.05) is 24.8 Å². The molecule has 0 unspecified atom stereocenters. The van der Waals surface area contributed by atoms with Gasteiger partial charge in [-0.15, -0.1) is 0 Å². The summed E-state index contributed by atoms with van der Waals surface area (Å²) >= 11 is 0. The Morgan fingerprint density at radius 2 is 2.10 bits per heavy atom. The van der Waals surface area contributed by atoms with Crippen molar-refractivity contribution in [2.24, 2.45) is 5.73 Å². The Morgan fingerprint density at radius 3 is 2.67 bits per heavy atom. The predicted molar refractivity (Wildman–Crippen MR) is 82.6 cm³/mol. The smallest absolute Gasteiger partial charge is 0.254 e. The molecular formula is C16H21N3O2. The Labute approximate surface area is 124 Å². The fraction of sp³-hybridized carbons (Fsp3) is 0.375. The third-order valence-corrected chi connectivity index (χ3v) is 3.64. The summed E-state index contributed by atoms with van der Waals surface area (Å²) in [5.41, 5.74) is 7.43. The Hall–Kier alpha value is -2.14. The van der Waals surface area contributed by atoms with Gasteiger partial charge in [0, 0.05) is 24.7 Å². The zero-order chi connectivity index (χ0) is 15.4. The summed E-state index contributed by atoms with van der Waals surface area (Å²) in [4.78, 5) is 26.2. The minimum Gasteiger partial charge on any atom is -0.355 e. The Balaban J connectivity index is 2.18. The first kappa shape index (κ1) is 15.3. The van der Waals surface area contributed by atoms with Gasteiger partial charge < -0.3 is 16.0 Å². The van der Waals surface area contributed by atoms with Crippen molar-refractivity contribution in [3.63, 3.8) is 0 Å². The SMILES string of the molecule is C=Cc1ccc(C(=O)N2C[C@H](N)C[C@H]2C(=O)NCC)cc1. The number of nitrogens with two attached hydrogens (primary N) is 1. The predicted octanol–water partition coefficient (Wildman–Crippen LogP) is 1.01. The molecule has 5 heteroatoms. The number of likely N-dealkylation sites (tertiary alicyclic amines) is 1. The van der Waals surface area contributed by atoms with E-state index in [4.69, 9.17) is 5.73 Å². The molecule has 0 aliphatic carbocycles. The molecule has 1 aromatic rings. The van der Waals surface area contributed by atoms with Crippen molar-refractivity contribution < 1.29 is 9.59 Å². The summed E-state index contributed by atoms with van der Waals surface area (Å²) in [6.07, 6.45) is 2.22. The molecule has 0 bridgehead atoms. The topological polar surface area (TPSA) is 75.4 Å². The van der Waals surface area contributed by atoms with Gasteiger partial charge in [-0.2, -0.15) is 0 Å². The molecule has 1 saturated heterocycles. The van der Waals surface area contributed by atoms with Crippen LogP contribution in [0.2, 0.25) is 0 Å². The van der Waals surface area contributed by atoms with Gasteiger partial charge in [-0.3, -0.25) is 9.59 Å². The number of hydrogen-bond donors (Lipinski definition) is 2. The highest BCUT2D eigenvalue weighted by Gasteiger charge is 2.38. The van der Waals surface area contributed by atoms with E-state index in [1.807, 2.05) is 19.1 Å². The minimum atomic E-state index is -0.480. The van der Waals surface area contributed by atoms with Gasteiger partial charge in [0.05, 0.1) is 0 Å². The van der Waals surface area contributed by atoms with E-state index in [0.717, 1.165) is 5.56 Å². The van der Waals surface area contributed by atoms with E-state index < -0.39 is 6.04 Å². The molecule has 21 heavy (non-hydrogen) atoms. The van der Waals surface area contributed by atoms with E-state index in [9.17, 15) is 9.59 Å². The number of amides is 2. The molecule has 2 atom stereocenters. The maximum atomic E-state index is 12.6. The average molecular weight is 287 g/mol. The fourth-order valence-corrected chi connectivity index (χ4v) is 2.56. The molecule has 5 nitrogen and oxygen atoms in total. The molecule has 112 valence electrons. The van der Waals surface area contributed by atoms with Gasteiger partial charge in [-0.25, -0.2) is 0 Å². The molecule has 0 aromatic heterocycles. The molecule has 1 aliphatic heterocycles. The lowest BCUT2D eigenvalue weighted by Gasteiger charge is -2.23. The first-order valence-electron chi connectivity index (χ1n) is 7.13. The second-order valence-electron chi connectivity index (χ2n) is 5.19. The molecule has 2 rings (SSSR count). The van der Waals surface area contributed by atoms with Crippen LogP contribution in [0.15, 0.2) is 30.8 Å². The summed E-state index contributed by atoms with van der Waals surface area (Å²) in [6.45, 7) is 6.49. The van der Waals surface area contributed by atoms with E-state index in [2.05, 4.69) is 11.9 Å². The summed E-state index contributed by atoms with van der Waals surface area (Å²) < 4.78 is 0. The number of benzene rings is 1. The highest BCUT2D eigenvalue weighted by atomic mass is 16.2. The van der Waals surface area contributed by atoms with Gasteiger partial charge in [-0.05, 0) is 31.0 Å². The molecule has 1 aromatic carbocycles. The highest BCUT2D eigenvalue weighted by molar-refractivity contribution is 5.98. The standard InChI is InChI=1S/C16H21N3O2/c1-3-11-5-7-12(8-6-11)16(21)19-10-13(17)9-14(19)15(20)18-4-2/h3,5-8,13-14H,1,4,9-10,17H2,2H3,(H,18,20)/t13-,14+/m1/s1. The molecule has 0 spiro atoms. The summed E-state index contributed by atoms with van der Waals surface area (Å²) in [5, 5.41) is 2.76. The number of likely N-dealkylation sites (N-methyl/N-ethyl adjacent to an activating group) is 1. The second kappa shape index (κ2) is 6.54. The molecule has 1 aliphatic rings. The third kappa shape index (κ3) is 3.31. The van der Waals surface area contributed by atoms with Crippen LogP contribution < -0.4 is 11.1 Å². The number of rotatable bonds is 4. The number of carbonyl (C=O) groups excluding carboxylic acids is 2. The number of nitrogens with one attached hydrogen (secondary N) is 1. The highest BCUT2D eigenvalue weighted by Crippen LogP contribution is 2.20. The number of nitrogens with zero attached hydrogens (tertiary/aromatic N) is 1. The van der Waals surface area contributed by atoms with Gasteiger partial charge in [0.1, 0.15) is 6.04 Å². The number of carbonyl (C=O) groups is 2. The van der Waals surface area contributed by atoms with Crippen LogP contribution in [0.4, 0.5) is 0 Å². The van der Waals surface area contributed by atoms with Gasteiger partial charge in [0.25, 0.3) is 5.91 Å². The zero-order valence-corrected chi connectivity index (χ0v) is 12.2. The van der Waals surface area contributed by atoms with Crippen molar-refractivity contribution in [1.29, 1.82) is 0 Å². The maximum absolute atomic E-state index is 12.6. The normalized spacial score (nSPS) is 21.1. The third-order valence-electron chi connectivity index (χ3n) is 3.64. The summed E-state index contributed by atoms with van der Waals surface area (Å²) in [6, 6.07) is 6.52. The monoisotopic (exact) mass is 287 g/mol. The number of hydrogen-bond acceptors (Lipinski definition) is 3. The van der Waals surface area contributed by atoms with Crippen LogP contribution >= 0.6 is 0 Å². The first-order chi connectivity index (χ1) is 10.1. The Kier molecular flexibility index (Phi) is 4.75. The first-order valence-corrected chi connectivity index (χ1v) is 7.13. The average Bonchev–Trinajstić information content (AvgIpc) is 2.89. The van der Waals surface area contributed by atoms with Crippen LogP contribution in [-0.2, 0) is 4.79 Å². The molecule has 1 heterocycles. The molecule has 0 saturated carbocycles.